The molecule has 0 atom stereocenters. The highest BCUT2D eigenvalue weighted by atomic mass is 16.2. The molecule has 0 bridgehead atoms. The van der Waals surface area contributed by atoms with E-state index in [1.165, 1.54) is 32.1 Å². The van der Waals surface area contributed by atoms with Crippen LogP contribution in [-0.2, 0) is 17.8 Å². The van der Waals surface area contributed by atoms with Gasteiger partial charge in [-0.25, -0.2) is 9.97 Å². The largest absolute Gasteiger partial charge is 0.337 e. The number of carbonyl (C=O) groups is 1. The number of nitrogens with zero attached hydrogens (tertiary/aromatic N) is 7. The number of amides is 1. The van der Waals surface area contributed by atoms with Gasteiger partial charge in [0.05, 0.1) is 18.3 Å². The smallest absolute Gasteiger partial charge is 0.237 e. The lowest BCUT2D eigenvalue weighted by molar-refractivity contribution is -0.133. The fourth-order valence-corrected chi connectivity index (χ4v) is 5.99. The number of likely N-dealkylation sites (N-methyl/N-ethyl adjacent to an activating group) is 1. The molecule has 4 aromatic heterocycles. The van der Waals surface area contributed by atoms with Crippen molar-refractivity contribution < 1.29 is 4.79 Å². The molecule has 0 radical (unpaired) electrons. The maximum absolute atomic E-state index is 12.8. The van der Waals surface area contributed by atoms with Crippen molar-refractivity contribution in [3.05, 3.63) is 48.0 Å². The first-order chi connectivity index (χ1) is 18.6. The minimum Gasteiger partial charge on any atom is -0.337 e. The molecule has 1 N–H and O–H groups in total. The summed E-state index contributed by atoms with van der Waals surface area (Å²) in [5.74, 6) is 1.46. The van der Waals surface area contributed by atoms with Gasteiger partial charge >= 0.3 is 0 Å². The summed E-state index contributed by atoms with van der Waals surface area (Å²) in [7, 11) is 0. The predicted octanol–water partition coefficient (Wildman–Crippen LogP) is 4.85. The third-order valence-electron chi connectivity index (χ3n) is 8.18. The third-order valence-corrected chi connectivity index (χ3v) is 8.18. The Labute approximate surface area is 223 Å². The minimum atomic E-state index is 0.187. The van der Waals surface area contributed by atoms with Gasteiger partial charge in [0.25, 0.3) is 0 Å². The summed E-state index contributed by atoms with van der Waals surface area (Å²) >= 11 is 0. The highest BCUT2D eigenvalue weighted by molar-refractivity contribution is 6.06. The molecule has 0 unspecified atom stereocenters. The van der Waals surface area contributed by atoms with Crippen LogP contribution in [0, 0.1) is 0 Å². The zero-order valence-corrected chi connectivity index (χ0v) is 22.4. The van der Waals surface area contributed by atoms with E-state index in [9.17, 15) is 4.79 Å². The molecule has 4 aromatic rings. The van der Waals surface area contributed by atoms with Crippen molar-refractivity contribution in [1.29, 1.82) is 0 Å². The van der Waals surface area contributed by atoms with E-state index in [0.29, 0.717) is 31.6 Å². The third kappa shape index (κ3) is 4.71. The number of fused-ring (bicyclic) bond motifs is 4. The van der Waals surface area contributed by atoms with Gasteiger partial charge in [0.15, 0.2) is 0 Å². The summed E-state index contributed by atoms with van der Waals surface area (Å²) in [6.07, 6.45) is 12.6. The second kappa shape index (κ2) is 10.6. The number of rotatable bonds is 7. The molecule has 0 aromatic carbocycles. The van der Waals surface area contributed by atoms with Gasteiger partial charge in [-0.05, 0) is 43.6 Å². The van der Waals surface area contributed by atoms with Crippen molar-refractivity contribution >= 4 is 39.6 Å². The quantitative estimate of drug-likeness (QED) is 0.378. The molecule has 1 aliphatic carbocycles. The van der Waals surface area contributed by atoms with Crippen LogP contribution in [0.2, 0.25) is 0 Å². The summed E-state index contributed by atoms with van der Waals surface area (Å²) < 4.78 is 2.38. The maximum Gasteiger partial charge on any atom is 0.237 e. The Bertz CT molecular complexity index is 1450. The van der Waals surface area contributed by atoms with E-state index in [2.05, 4.69) is 50.7 Å². The summed E-state index contributed by atoms with van der Waals surface area (Å²) in [6, 6.07) is 6.54. The van der Waals surface area contributed by atoms with Gasteiger partial charge in [0.1, 0.15) is 11.5 Å². The van der Waals surface area contributed by atoms with Crippen molar-refractivity contribution in [3.63, 3.8) is 0 Å². The molecule has 1 fully saturated rings. The van der Waals surface area contributed by atoms with Gasteiger partial charge in [-0.1, -0.05) is 39.2 Å². The SMILES string of the molecule is CCN(CC)CC(=O)N1CCc2nc(Nc3ncc4c5ccncc5n(C5CCCCC5)c4n3)ccc2C1. The van der Waals surface area contributed by atoms with Crippen LogP contribution in [0.25, 0.3) is 21.9 Å². The molecule has 2 aliphatic rings. The monoisotopic (exact) mass is 512 g/mol. The highest BCUT2D eigenvalue weighted by Gasteiger charge is 2.24. The van der Waals surface area contributed by atoms with Crippen LogP contribution in [0.15, 0.2) is 36.8 Å². The Balaban J connectivity index is 1.24. The number of nitrogens with one attached hydrogen (secondary N) is 1. The lowest BCUT2D eigenvalue weighted by atomic mass is 9.95. The lowest BCUT2D eigenvalue weighted by Gasteiger charge is -2.30. The first-order valence-electron chi connectivity index (χ1n) is 14.0. The van der Waals surface area contributed by atoms with Crippen LogP contribution in [0.5, 0.6) is 0 Å². The van der Waals surface area contributed by atoms with E-state index >= 15 is 0 Å². The minimum absolute atomic E-state index is 0.187. The number of hydrogen-bond acceptors (Lipinski definition) is 7. The van der Waals surface area contributed by atoms with E-state index in [0.717, 1.165) is 58.5 Å². The Morgan fingerprint density at radius 1 is 1.05 bits per heavy atom. The van der Waals surface area contributed by atoms with Crippen molar-refractivity contribution in [2.75, 3.05) is 31.5 Å². The molecular weight excluding hydrogens is 476 g/mol. The molecule has 9 heteroatoms. The average molecular weight is 513 g/mol. The van der Waals surface area contributed by atoms with Gasteiger partial charge in [-0.3, -0.25) is 14.7 Å². The van der Waals surface area contributed by atoms with Gasteiger partial charge in [0.2, 0.25) is 11.9 Å². The zero-order chi connectivity index (χ0) is 26.1. The van der Waals surface area contributed by atoms with E-state index in [1.807, 2.05) is 29.6 Å². The van der Waals surface area contributed by atoms with Gasteiger partial charge < -0.3 is 14.8 Å². The standard InChI is InChI=1S/C29H36N8O/c1-3-35(4-2)19-27(38)36-15-13-24-20(18-36)10-11-26(32-24)33-29-31-16-23-22-12-14-30-17-25(22)37(28(23)34-29)21-8-6-5-7-9-21/h10-12,14,16-17,21H,3-9,13,15,18-19H2,1-2H3,(H,31,32,33,34). The topological polar surface area (TPSA) is 92.1 Å². The van der Waals surface area contributed by atoms with Crippen molar-refractivity contribution in [2.24, 2.45) is 0 Å². The summed E-state index contributed by atoms with van der Waals surface area (Å²) in [5.41, 5.74) is 4.23. The maximum atomic E-state index is 12.8. The lowest BCUT2D eigenvalue weighted by Crippen LogP contribution is -2.42. The number of pyridine rings is 2. The van der Waals surface area contributed by atoms with E-state index in [1.54, 1.807) is 0 Å². The molecule has 1 aliphatic heterocycles. The highest BCUT2D eigenvalue weighted by Crippen LogP contribution is 2.36. The van der Waals surface area contributed by atoms with Gasteiger partial charge in [-0.15, -0.1) is 0 Å². The Hall–Kier alpha value is -3.59. The van der Waals surface area contributed by atoms with Gasteiger partial charge in [-0.2, -0.15) is 4.98 Å². The van der Waals surface area contributed by atoms with Gasteiger partial charge in [0, 0.05) is 54.4 Å². The number of anilines is 2. The summed E-state index contributed by atoms with van der Waals surface area (Å²) in [6.45, 7) is 7.74. The molecule has 38 heavy (non-hydrogen) atoms. The number of aromatic nitrogens is 5. The first kappa shape index (κ1) is 24.7. The first-order valence-corrected chi connectivity index (χ1v) is 14.0. The van der Waals surface area contributed by atoms with Crippen LogP contribution < -0.4 is 5.32 Å². The zero-order valence-electron chi connectivity index (χ0n) is 22.4. The van der Waals surface area contributed by atoms with E-state index in [-0.39, 0.29) is 5.91 Å². The molecular formula is C29H36N8O. The van der Waals surface area contributed by atoms with Crippen LogP contribution >= 0.6 is 0 Å². The van der Waals surface area contributed by atoms with Crippen molar-refractivity contribution in [2.45, 2.75) is 65.0 Å². The van der Waals surface area contributed by atoms with E-state index in [4.69, 9.17) is 9.97 Å². The molecule has 0 spiro atoms. The fraction of sp³-hybridized carbons (Fsp3) is 0.483. The molecule has 198 valence electrons. The normalized spacial score (nSPS) is 16.3. The average Bonchev–Trinajstić information content (AvgIpc) is 3.29. The second-order valence-electron chi connectivity index (χ2n) is 10.4. The van der Waals surface area contributed by atoms with Crippen LogP contribution in [0.1, 0.15) is 63.3 Å². The Morgan fingerprint density at radius 2 is 1.89 bits per heavy atom. The molecule has 0 saturated heterocycles. The molecule has 9 nitrogen and oxygen atoms in total. The Kier molecular flexibility index (Phi) is 6.93. The van der Waals surface area contributed by atoms with Crippen molar-refractivity contribution in [1.82, 2.24) is 34.3 Å². The van der Waals surface area contributed by atoms with Crippen LogP contribution in [0.4, 0.5) is 11.8 Å². The summed E-state index contributed by atoms with van der Waals surface area (Å²) in [4.78, 5) is 35.8. The van der Waals surface area contributed by atoms with Crippen LogP contribution in [-0.4, -0.2) is 66.4 Å². The van der Waals surface area contributed by atoms with E-state index < -0.39 is 0 Å². The predicted molar refractivity (Wildman–Crippen MR) is 149 cm³/mol. The van der Waals surface area contributed by atoms with Crippen LogP contribution in [0.3, 0.4) is 0 Å². The fourth-order valence-electron chi connectivity index (χ4n) is 5.99. The number of carbonyl (C=O) groups excluding carboxylic acids is 1. The Morgan fingerprint density at radius 3 is 2.71 bits per heavy atom. The second-order valence-corrected chi connectivity index (χ2v) is 10.4. The number of hydrogen-bond donors (Lipinski definition) is 1. The summed E-state index contributed by atoms with van der Waals surface area (Å²) in [5, 5.41) is 5.56. The molecule has 5 heterocycles. The molecule has 1 saturated carbocycles. The van der Waals surface area contributed by atoms with Crippen molar-refractivity contribution in [3.8, 4) is 0 Å². The molecule has 6 rings (SSSR count). The molecule has 1 amide bonds.